The first-order valence-corrected chi connectivity index (χ1v) is 10.4. The molecule has 1 fully saturated rings. The summed E-state index contributed by atoms with van der Waals surface area (Å²) >= 11 is 0. The van der Waals surface area contributed by atoms with E-state index in [1.807, 2.05) is 65.6 Å². The molecule has 31 heavy (non-hydrogen) atoms. The molecular formula is C26H22N2O3. The van der Waals surface area contributed by atoms with E-state index in [-0.39, 0.29) is 17.9 Å². The third kappa shape index (κ3) is 3.59. The molecule has 5 nitrogen and oxygen atoms in total. The molecule has 4 aromatic rings. The van der Waals surface area contributed by atoms with E-state index in [4.69, 9.17) is 4.42 Å². The van der Waals surface area contributed by atoms with Gasteiger partial charge in [-0.15, -0.1) is 0 Å². The van der Waals surface area contributed by atoms with Gasteiger partial charge >= 0.3 is 0 Å². The van der Waals surface area contributed by atoms with Gasteiger partial charge in [-0.3, -0.25) is 9.59 Å². The highest BCUT2D eigenvalue weighted by Crippen LogP contribution is 2.28. The summed E-state index contributed by atoms with van der Waals surface area (Å²) in [6.07, 6.45) is 2.45. The van der Waals surface area contributed by atoms with Crippen molar-refractivity contribution in [3.05, 3.63) is 96.3 Å². The van der Waals surface area contributed by atoms with E-state index < -0.39 is 0 Å². The summed E-state index contributed by atoms with van der Waals surface area (Å²) in [5.41, 5.74) is 3.90. The molecule has 0 saturated carbocycles. The average molecular weight is 410 g/mol. The van der Waals surface area contributed by atoms with Crippen LogP contribution in [0, 0.1) is 0 Å². The van der Waals surface area contributed by atoms with Crippen LogP contribution in [-0.2, 0) is 0 Å². The summed E-state index contributed by atoms with van der Waals surface area (Å²) in [4.78, 5) is 27.9. The lowest BCUT2D eigenvalue weighted by Crippen LogP contribution is -2.56. The third-order valence-corrected chi connectivity index (χ3v) is 5.89. The second-order valence-corrected chi connectivity index (χ2v) is 7.70. The van der Waals surface area contributed by atoms with Crippen LogP contribution in [0.4, 0.5) is 0 Å². The van der Waals surface area contributed by atoms with Crippen molar-refractivity contribution in [2.75, 3.05) is 13.1 Å². The molecule has 1 aliphatic rings. The van der Waals surface area contributed by atoms with Crippen LogP contribution in [0.3, 0.4) is 0 Å². The quantitative estimate of drug-likeness (QED) is 0.517. The number of hydrogen-bond acceptors (Lipinski definition) is 3. The topological polar surface area (TPSA) is 62.6 Å². The van der Waals surface area contributed by atoms with Crippen molar-refractivity contribution in [2.45, 2.75) is 12.5 Å². The molecule has 2 heterocycles. The molecule has 0 bridgehead atoms. The van der Waals surface area contributed by atoms with Gasteiger partial charge in [-0.1, -0.05) is 54.6 Å². The van der Waals surface area contributed by atoms with Gasteiger partial charge in [0.1, 0.15) is 5.58 Å². The Bertz CT molecular complexity index is 1250. The predicted octanol–water partition coefficient (Wildman–Crippen LogP) is 4.74. The van der Waals surface area contributed by atoms with Crippen LogP contribution < -0.4 is 5.32 Å². The Morgan fingerprint density at radius 3 is 2.48 bits per heavy atom. The summed E-state index contributed by atoms with van der Waals surface area (Å²) in [6, 6.07) is 24.8. The number of likely N-dealkylation sites (tertiary alicyclic amines) is 1. The molecule has 1 unspecified atom stereocenters. The van der Waals surface area contributed by atoms with E-state index in [0.29, 0.717) is 29.8 Å². The standard InChI is InChI=1S/C26H22N2O3/c29-25(22-11-6-12-24-21(22)14-16-31-24)27-17-19-13-15-28(19)26(30)23-10-5-4-9-20(23)18-7-2-1-3-8-18/h1-12,14,16,19H,13,15,17H2,(H,27,29). The molecule has 3 aromatic carbocycles. The zero-order chi connectivity index (χ0) is 21.2. The zero-order valence-electron chi connectivity index (χ0n) is 17.0. The number of hydrogen-bond donors (Lipinski definition) is 1. The summed E-state index contributed by atoms with van der Waals surface area (Å²) in [7, 11) is 0. The lowest BCUT2D eigenvalue weighted by Gasteiger charge is -2.41. The fraction of sp³-hybridized carbons (Fsp3) is 0.154. The molecule has 154 valence electrons. The maximum absolute atomic E-state index is 13.3. The molecule has 1 atom stereocenters. The van der Waals surface area contributed by atoms with Crippen molar-refractivity contribution in [3.63, 3.8) is 0 Å². The second kappa shape index (κ2) is 8.11. The van der Waals surface area contributed by atoms with Gasteiger partial charge in [0.05, 0.1) is 17.9 Å². The summed E-state index contributed by atoms with van der Waals surface area (Å²) in [6.45, 7) is 1.12. The van der Waals surface area contributed by atoms with Gasteiger partial charge in [0.2, 0.25) is 0 Å². The van der Waals surface area contributed by atoms with Gasteiger partial charge in [0, 0.05) is 24.0 Å². The highest BCUT2D eigenvalue weighted by Gasteiger charge is 2.34. The molecule has 1 aliphatic heterocycles. The number of nitrogens with zero attached hydrogens (tertiary/aromatic N) is 1. The van der Waals surface area contributed by atoms with E-state index in [1.54, 1.807) is 24.5 Å². The lowest BCUT2D eigenvalue weighted by molar-refractivity contribution is 0.0456. The number of carbonyl (C=O) groups is 2. The van der Waals surface area contributed by atoms with Crippen LogP contribution in [0.2, 0.25) is 0 Å². The fourth-order valence-corrected chi connectivity index (χ4v) is 4.11. The molecule has 2 amide bonds. The molecule has 0 radical (unpaired) electrons. The van der Waals surface area contributed by atoms with Crippen LogP contribution >= 0.6 is 0 Å². The minimum atomic E-state index is -0.156. The highest BCUT2D eigenvalue weighted by molar-refractivity contribution is 6.06. The van der Waals surface area contributed by atoms with Gasteiger partial charge < -0.3 is 14.6 Å². The number of rotatable bonds is 5. The van der Waals surface area contributed by atoms with Crippen LogP contribution in [-0.4, -0.2) is 35.8 Å². The first-order valence-electron chi connectivity index (χ1n) is 10.4. The third-order valence-electron chi connectivity index (χ3n) is 5.89. The minimum absolute atomic E-state index is 0.00175. The van der Waals surface area contributed by atoms with Crippen molar-refractivity contribution in [1.29, 1.82) is 0 Å². The van der Waals surface area contributed by atoms with Crippen LogP contribution in [0.15, 0.2) is 89.5 Å². The monoisotopic (exact) mass is 410 g/mol. The van der Waals surface area contributed by atoms with E-state index in [1.165, 1.54) is 0 Å². The van der Waals surface area contributed by atoms with Gasteiger partial charge in [0.25, 0.3) is 11.8 Å². The maximum atomic E-state index is 13.3. The molecule has 0 spiro atoms. The van der Waals surface area contributed by atoms with E-state index >= 15 is 0 Å². The zero-order valence-corrected chi connectivity index (χ0v) is 17.0. The first-order chi connectivity index (χ1) is 15.2. The number of carbonyl (C=O) groups excluding carboxylic acids is 2. The number of furan rings is 1. The average Bonchev–Trinajstić information content (AvgIpc) is 3.28. The van der Waals surface area contributed by atoms with Crippen molar-refractivity contribution in [2.24, 2.45) is 0 Å². The lowest BCUT2D eigenvalue weighted by atomic mass is 9.95. The van der Waals surface area contributed by atoms with Crippen molar-refractivity contribution < 1.29 is 14.0 Å². The van der Waals surface area contributed by atoms with Gasteiger partial charge in [-0.25, -0.2) is 0 Å². The SMILES string of the molecule is O=C(NCC1CCN1C(=O)c1ccccc1-c1ccccc1)c1cccc2occc12. The smallest absolute Gasteiger partial charge is 0.254 e. The van der Waals surface area contributed by atoms with Gasteiger partial charge in [0.15, 0.2) is 0 Å². The number of fused-ring (bicyclic) bond motifs is 1. The molecule has 1 aromatic heterocycles. The Balaban J connectivity index is 1.30. The number of nitrogens with one attached hydrogen (secondary N) is 1. The highest BCUT2D eigenvalue weighted by atomic mass is 16.3. The summed E-state index contributed by atoms with van der Waals surface area (Å²) < 4.78 is 5.38. The molecule has 0 aliphatic carbocycles. The minimum Gasteiger partial charge on any atom is -0.464 e. The Kier molecular flexibility index (Phi) is 5.00. The van der Waals surface area contributed by atoms with Crippen molar-refractivity contribution in [1.82, 2.24) is 10.2 Å². The van der Waals surface area contributed by atoms with Crippen LogP contribution in [0.5, 0.6) is 0 Å². The van der Waals surface area contributed by atoms with Crippen molar-refractivity contribution >= 4 is 22.8 Å². The molecular weight excluding hydrogens is 388 g/mol. The Morgan fingerprint density at radius 2 is 1.68 bits per heavy atom. The molecule has 1 N–H and O–H groups in total. The normalized spacial score (nSPS) is 15.5. The molecule has 1 saturated heterocycles. The van der Waals surface area contributed by atoms with E-state index in [9.17, 15) is 9.59 Å². The maximum Gasteiger partial charge on any atom is 0.254 e. The van der Waals surface area contributed by atoms with Crippen LogP contribution in [0.25, 0.3) is 22.1 Å². The van der Waals surface area contributed by atoms with Crippen molar-refractivity contribution in [3.8, 4) is 11.1 Å². The number of amides is 2. The van der Waals surface area contributed by atoms with E-state index in [0.717, 1.165) is 22.9 Å². The predicted molar refractivity (Wildman–Crippen MR) is 120 cm³/mol. The second-order valence-electron chi connectivity index (χ2n) is 7.70. The fourth-order valence-electron chi connectivity index (χ4n) is 4.11. The Morgan fingerprint density at radius 1 is 0.903 bits per heavy atom. The summed E-state index contributed by atoms with van der Waals surface area (Å²) in [5, 5.41) is 3.78. The molecule has 5 rings (SSSR count). The van der Waals surface area contributed by atoms with Gasteiger partial charge in [-0.2, -0.15) is 0 Å². The first kappa shape index (κ1) is 19.1. The Hall–Kier alpha value is -3.86. The largest absolute Gasteiger partial charge is 0.464 e. The summed E-state index contributed by atoms with van der Waals surface area (Å²) in [5.74, 6) is -0.155. The Labute approximate surface area is 180 Å². The number of benzene rings is 3. The van der Waals surface area contributed by atoms with E-state index in [2.05, 4.69) is 5.32 Å². The van der Waals surface area contributed by atoms with Gasteiger partial charge in [-0.05, 0) is 41.8 Å². The molecule has 5 heteroatoms. The van der Waals surface area contributed by atoms with Crippen LogP contribution in [0.1, 0.15) is 27.1 Å².